The number of hydrogen-bond acceptors (Lipinski definition) is 2. The zero-order chi connectivity index (χ0) is 25.5. The van der Waals surface area contributed by atoms with Gasteiger partial charge < -0.3 is 9.59 Å². The topological polar surface area (TPSA) is 34.1 Å². The van der Waals surface area contributed by atoms with Gasteiger partial charge in [0.05, 0.1) is 0 Å². The lowest BCUT2D eigenvalue weighted by atomic mass is 10.0. The second kappa shape index (κ2) is 32.3. The van der Waals surface area contributed by atoms with E-state index in [0.29, 0.717) is 0 Å². The van der Waals surface area contributed by atoms with E-state index in [0.717, 1.165) is 25.4 Å². The van der Waals surface area contributed by atoms with Gasteiger partial charge in [-0.2, -0.15) is 0 Å². The molecular formula is C32H64O2. The quantitative estimate of drug-likeness (QED) is 0.0910. The largest absolute Gasteiger partial charge is 0.303 e. The summed E-state index contributed by atoms with van der Waals surface area (Å²) >= 11 is 0. The smallest absolute Gasteiger partial charge is 0.122 e. The zero-order valence-corrected chi connectivity index (χ0v) is 24.1. The Bertz CT molecular complexity index is 343. The molecular weight excluding hydrogens is 416 g/mol. The second-order valence-corrected chi connectivity index (χ2v) is 10.9. The van der Waals surface area contributed by atoms with Crippen LogP contribution in [0, 0.1) is 11.8 Å². The molecule has 0 amide bonds. The lowest BCUT2D eigenvalue weighted by Gasteiger charge is -2.04. The molecule has 0 unspecified atom stereocenters. The predicted molar refractivity (Wildman–Crippen MR) is 153 cm³/mol. The second-order valence-electron chi connectivity index (χ2n) is 10.9. The molecule has 0 heterocycles. The van der Waals surface area contributed by atoms with Crippen LogP contribution in [0.3, 0.4) is 0 Å². The van der Waals surface area contributed by atoms with E-state index < -0.39 is 0 Å². The number of carbonyl (C=O) groups is 2. The minimum Gasteiger partial charge on any atom is -0.303 e. The molecule has 0 bridgehead atoms. The fraction of sp³-hybridized carbons (Fsp3) is 0.938. The van der Waals surface area contributed by atoms with E-state index in [1.807, 2.05) is 13.8 Å². The highest BCUT2D eigenvalue weighted by Gasteiger charge is 1.99. The van der Waals surface area contributed by atoms with Crippen LogP contribution in [-0.4, -0.2) is 12.6 Å². The first-order valence-corrected chi connectivity index (χ1v) is 15.5. The number of unbranched alkanes of at least 4 members (excludes halogenated alkanes) is 20. The van der Waals surface area contributed by atoms with E-state index in [1.165, 1.54) is 141 Å². The minimum atomic E-state index is 0.272. The fourth-order valence-corrected chi connectivity index (χ4v) is 4.40. The van der Waals surface area contributed by atoms with E-state index in [4.69, 9.17) is 0 Å². The normalized spacial score (nSPS) is 12.6. The van der Waals surface area contributed by atoms with Gasteiger partial charge >= 0.3 is 0 Å². The van der Waals surface area contributed by atoms with E-state index >= 15 is 0 Å². The molecule has 0 aromatic carbocycles. The van der Waals surface area contributed by atoms with Crippen LogP contribution in [0.4, 0.5) is 0 Å². The van der Waals surface area contributed by atoms with Gasteiger partial charge in [-0.05, 0) is 12.8 Å². The van der Waals surface area contributed by atoms with Gasteiger partial charge in [0.25, 0.3) is 0 Å². The molecule has 0 N–H and O–H groups in total. The average Bonchev–Trinajstić information content (AvgIpc) is 2.85. The maximum absolute atomic E-state index is 10.4. The van der Waals surface area contributed by atoms with Crippen molar-refractivity contribution in [2.24, 2.45) is 11.8 Å². The fourth-order valence-electron chi connectivity index (χ4n) is 4.40. The molecule has 0 aliphatic heterocycles. The molecule has 204 valence electrons. The molecule has 0 saturated carbocycles. The summed E-state index contributed by atoms with van der Waals surface area (Å²) in [6, 6.07) is 0. The van der Waals surface area contributed by atoms with Crippen molar-refractivity contribution in [3.8, 4) is 0 Å². The molecule has 2 atom stereocenters. The third-order valence-corrected chi connectivity index (χ3v) is 6.99. The van der Waals surface area contributed by atoms with E-state index in [1.54, 1.807) is 0 Å². The standard InChI is InChI=1S/2C16H32O/c2*1-3-4-5-6-7-8-9-10-11-12-13-14-16(2)15-17/h2*15-16H,3-14H2,1-2H3/t2*16-/m11/s1. The third kappa shape index (κ3) is 33.5. The van der Waals surface area contributed by atoms with Crippen LogP contribution in [0.25, 0.3) is 0 Å². The van der Waals surface area contributed by atoms with Gasteiger partial charge in [-0.1, -0.05) is 169 Å². The molecule has 2 nitrogen and oxygen atoms in total. The van der Waals surface area contributed by atoms with Crippen molar-refractivity contribution in [1.29, 1.82) is 0 Å². The van der Waals surface area contributed by atoms with Crippen molar-refractivity contribution >= 4 is 12.6 Å². The van der Waals surface area contributed by atoms with Crippen LogP contribution in [0.15, 0.2) is 0 Å². The van der Waals surface area contributed by atoms with Crippen LogP contribution in [0.1, 0.15) is 182 Å². The van der Waals surface area contributed by atoms with Crippen molar-refractivity contribution in [1.82, 2.24) is 0 Å². The van der Waals surface area contributed by atoms with Crippen molar-refractivity contribution in [3.05, 3.63) is 0 Å². The number of hydrogen-bond donors (Lipinski definition) is 0. The molecule has 0 rings (SSSR count). The Morgan fingerprint density at radius 1 is 0.382 bits per heavy atom. The molecule has 34 heavy (non-hydrogen) atoms. The zero-order valence-electron chi connectivity index (χ0n) is 24.1. The third-order valence-electron chi connectivity index (χ3n) is 6.99. The van der Waals surface area contributed by atoms with E-state index in [-0.39, 0.29) is 11.8 Å². The first-order valence-electron chi connectivity index (χ1n) is 15.5. The number of rotatable bonds is 26. The molecule has 0 radical (unpaired) electrons. The molecule has 2 heteroatoms. The van der Waals surface area contributed by atoms with Gasteiger partial charge in [0, 0.05) is 11.8 Å². The summed E-state index contributed by atoms with van der Waals surface area (Å²) in [6.07, 6.45) is 34.7. The molecule has 0 saturated heterocycles. The molecule has 0 aliphatic carbocycles. The Hall–Kier alpha value is -0.660. The first-order chi connectivity index (χ1) is 16.6. The maximum atomic E-state index is 10.4. The highest BCUT2D eigenvalue weighted by atomic mass is 16.1. The Labute approximate surface area is 215 Å². The number of aldehydes is 2. The Morgan fingerprint density at radius 2 is 0.588 bits per heavy atom. The van der Waals surface area contributed by atoms with Crippen molar-refractivity contribution < 1.29 is 9.59 Å². The summed E-state index contributed by atoms with van der Waals surface area (Å²) in [7, 11) is 0. The Kier molecular flexibility index (Phi) is 33.8. The van der Waals surface area contributed by atoms with Gasteiger partial charge in [-0.15, -0.1) is 0 Å². The summed E-state index contributed by atoms with van der Waals surface area (Å²) in [6.45, 7) is 8.57. The lowest BCUT2D eigenvalue weighted by Crippen LogP contribution is -1.94. The number of carbonyl (C=O) groups excluding carboxylic acids is 2. The monoisotopic (exact) mass is 480 g/mol. The molecule has 0 fully saturated rings. The highest BCUT2D eigenvalue weighted by Crippen LogP contribution is 2.14. The van der Waals surface area contributed by atoms with Gasteiger partial charge in [-0.3, -0.25) is 0 Å². The van der Waals surface area contributed by atoms with Crippen molar-refractivity contribution in [2.45, 2.75) is 182 Å². The first kappa shape index (κ1) is 35.5. The van der Waals surface area contributed by atoms with Crippen LogP contribution >= 0.6 is 0 Å². The Balaban J connectivity index is 0. The van der Waals surface area contributed by atoms with E-state index in [9.17, 15) is 9.59 Å². The summed E-state index contributed by atoms with van der Waals surface area (Å²) in [5.74, 6) is 0.544. The van der Waals surface area contributed by atoms with Crippen LogP contribution < -0.4 is 0 Å². The SMILES string of the molecule is CCCCCCCCCCCCC[C@@H](C)C=O.CCCCCCCCCCCCC[C@@H](C)C=O. The minimum absolute atomic E-state index is 0.272. The van der Waals surface area contributed by atoms with Gasteiger partial charge in [0.15, 0.2) is 0 Å². The molecule has 0 aromatic heterocycles. The maximum Gasteiger partial charge on any atom is 0.122 e. The van der Waals surface area contributed by atoms with Crippen LogP contribution in [-0.2, 0) is 9.59 Å². The van der Waals surface area contributed by atoms with Crippen LogP contribution in [0.5, 0.6) is 0 Å². The molecule has 0 aromatic rings. The van der Waals surface area contributed by atoms with Gasteiger partial charge in [0.1, 0.15) is 12.6 Å². The van der Waals surface area contributed by atoms with Crippen molar-refractivity contribution in [2.75, 3.05) is 0 Å². The molecule has 0 spiro atoms. The molecule has 0 aliphatic rings. The van der Waals surface area contributed by atoms with E-state index in [2.05, 4.69) is 13.8 Å². The Morgan fingerprint density at radius 3 is 0.794 bits per heavy atom. The van der Waals surface area contributed by atoms with Crippen LogP contribution in [0.2, 0.25) is 0 Å². The average molecular weight is 481 g/mol. The highest BCUT2D eigenvalue weighted by molar-refractivity contribution is 5.52. The summed E-state index contributed by atoms with van der Waals surface area (Å²) in [4.78, 5) is 20.8. The predicted octanol–water partition coefficient (Wildman–Crippen LogP) is 11.0. The van der Waals surface area contributed by atoms with Gasteiger partial charge in [0.2, 0.25) is 0 Å². The summed E-state index contributed by atoms with van der Waals surface area (Å²) < 4.78 is 0. The van der Waals surface area contributed by atoms with Crippen molar-refractivity contribution in [3.63, 3.8) is 0 Å². The summed E-state index contributed by atoms with van der Waals surface area (Å²) in [5.41, 5.74) is 0. The summed E-state index contributed by atoms with van der Waals surface area (Å²) in [5, 5.41) is 0. The lowest BCUT2D eigenvalue weighted by molar-refractivity contribution is -0.111. The van der Waals surface area contributed by atoms with Gasteiger partial charge in [-0.25, -0.2) is 0 Å².